The van der Waals surface area contributed by atoms with Gasteiger partial charge in [0.2, 0.25) is 0 Å². The molecule has 0 spiro atoms. The van der Waals surface area contributed by atoms with E-state index in [2.05, 4.69) is 263 Å². The summed E-state index contributed by atoms with van der Waals surface area (Å²) in [4.78, 5) is 2.37. The Bertz CT molecular complexity index is 3260. The van der Waals surface area contributed by atoms with Crippen molar-refractivity contribution in [2.75, 3.05) is 4.90 Å². The topological polar surface area (TPSA) is 13.1 Å². The van der Waals surface area contributed by atoms with Crippen LogP contribution in [0.5, 0.6) is 0 Å². The van der Waals surface area contributed by atoms with Crippen molar-refractivity contribution in [3.63, 3.8) is 0 Å². The molecule has 63 heavy (non-hydrogen) atoms. The summed E-state index contributed by atoms with van der Waals surface area (Å²) in [6.45, 7) is 0. The molecule has 12 aromatic rings. The van der Waals surface area contributed by atoms with Gasteiger partial charge in [-0.25, -0.2) is 0 Å². The number of aromatic nitrogens is 2. The number of anilines is 3. The van der Waals surface area contributed by atoms with Crippen LogP contribution in [-0.4, -0.2) is 9.13 Å². The average molecular weight is 804 g/mol. The Morgan fingerprint density at radius 1 is 0.222 bits per heavy atom. The fraction of sp³-hybridized carbons (Fsp3) is 0. The molecule has 12 rings (SSSR count). The Kier molecular flexibility index (Phi) is 8.83. The summed E-state index contributed by atoms with van der Waals surface area (Å²) in [6.07, 6.45) is 0. The lowest BCUT2D eigenvalue weighted by molar-refractivity contribution is 1.17. The standard InChI is InChI=1S/C60H41N3/c1-3-15-42(16-4-1)45-39-46(43-17-5-2-6-18-43)41-47(40-45)44-27-29-48(30-28-44)61(49-31-35-51(36-32-49)62-57-23-11-7-19-53(57)54-20-8-12-24-58(54)62)50-33-37-52(38-34-50)63-59-25-13-9-21-55(59)56-22-10-14-26-60(56)63/h1-41H. The van der Waals surface area contributed by atoms with Gasteiger partial charge in [-0.3, -0.25) is 0 Å². The third-order valence-electron chi connectivity index (χ3n) is 12.5. The molecule has 0 bridgehead atoms. The minimum atomic E-state index is 1.08. The molecule has 0 N–H and O–H groups in total. The lowest BCUT2D eigenvalue weighted by Gasteiger charge is -2.26. The van der Waals surface area contributed by atoms with Crippen molar-refractivity contribution in [1.29, 1.82) is 0 Å². The van der Waals surface area contributed by atoms with E-state index in [9.17, 15) is 0 Å². The van der Waals surface area contributed by atoms with Crippen LogP contribution in [0.4, 0.5) is 17.1 Å². The summed E-state index contributed by atoms with van der Waals surface area (Å²) < 4.78 is 4.75. The van der Waals surface area contributed by atoms with Gasteiger partial charge in [0.1, 0.15) is 0 Å². The monoisotopic (exact) mass is 803 g/mol. The summed E-state index contributed by atoms with van der Waals surface area (Å²) >= 11 is 0. The van der Waals surface area contributed by atoms with Gasteiger partial charge in [0.15, 0.2) is 0 Å². The van der Waals surface area contributed by atoms with Crippen LogP contribution in [0.1, 0.15) is 0 Å². The molecule has 296 valence electrons. The van der Waals surface area contributed by atoms with E-state index in [1.165, 1.54) is 71.4 Å². The van der Waals surface area contributed by atoms with Gasteiger partial charge in [0, 0.05) is 50.0 Å². The largest absolute Gasteiger partial charge is 0.311 e. The highest BCUT2D eigenvalue weighted by molar-refractivity contribution is 6.10. The molecular formula is C60H41N3. The highest BCUT2D eigenvalue weighted by atomic mass is 15.1. The minimum absolute atomic E-state index is 1.08. The Hall–Kier alpha value is -8.40. The van der Waals surface area contributed by atoms with Crippen molar-refractivity contribution in [3.05, 3.63) is 249 Å². The highest BCUT2D eigenvalue weighted by Gasteiger charge is 2.18. The fourth-order valence-electron chi connectivity index (χ4n) is 9.54. The van der Waals surface area contributed by atoms with Crippen LogP contribution in [0.3, 0.4) is 0 Å². The van der Waals surface area contributed by atoms with Crippen LogP contribution in [0.2, 0.25) is 0 Å². The van der Waals surface area contributed by atoms with Crippen molar-refractivity contribution in [1.82, 2.24) is 9.13 Å². The third kappa shape index (κ3) is 6.38. The second-order valence-corrected chi connectivity index (χ2v) is 16.2. The Morgan fingerprint density at radius 2 is 0.492 bits per heavy atom. The SMILES string of the molecule is c1ccc(-c2cc(-c3ccccc3)cc(-c3ccc(N(c4ccc(-n5c6ccccc6c6ccccc65)cc4)c4ccc(-n5c6ccccc6c6ccccc65)cc4)cc3)c2)cc1. The maximum atomic E-state index is 2.38. The first kappa shape index (κ1) is 36.5. The Morgan fingerprint density at radius 3 is 0.825 bits per heavy atom. The van der Waals surface area contributed by atoms with E-state index < -0.39 is 0 Å². The van der Waals surface area contributed by atoms with Gasteiger partial charge in [0.05, 0.1) is 22.1 Å². The first-order chi connectivity index (χ1) is 31.2. The molecule has 0 unspecified atom stereocenters. The minimum Gasteiger partial charge on any atom is -0.311 e. The lowest BCUT2D eigenvalue weighted by atomic mass is 9.93. The summed E-state index contributed by atoms with van der Waals surface area (Å²) in [6, 6.07) is 90.1. The molecule has 3 heteroatoms. The molecule has 0 radical (unpaired) electrons. The Balaban J connectivity index is 0.973. The Labute approximate surface area is 366 Å². The molecule has 3 nitrogen and oxygen atoms in total. The first-order valence-electron chi connectivity index (χ1n) is 21.6. The smallest absolute Gasteiger partial charge is 0.0541 e. The van der Waals surface area contributed by atoms with Crippen LogP contribution in [-0.2, 0) is 0 Å². The van der Waals surface area contributed by atoms with E-state index in [-0.39, 0.29) is 0 Å². The maximum absolute atomic E-state index is 2.38. The second-order valence-electron chi connectivity index (χ2n) is 16.2. The predicted octanol–water partition coefficient (Wildman–Crippen LogP) is 16.4. The number of benzene rings is 10. The fourth-order valence-corrected chi connectivity index (χ4v) is 9.54. The molecule has 10 aromatic carbocycles. The van der Waals surface area contributed by atoms with Gasteiger partial charge in [0.25, 0.3) is 0 Å². The average Bonchev–Trinajstić information content (AvgIpc) is 3.88. The van der Waals surface area contributed by atoms with Gasteiger partial charge in [-0.15, -0.1) is 0 Å². The van der Waals surface area contributed by atoms with Crippen LogP contribution >= 0.6 is 0 Å². The van der Waals surface area contributed by atoms with E-state index in [0.717, 1.165) is 34.0 Å². The molecule has 0 aliphatic carbocycles. The number of hydrogen-bond donors (Lipinski definition) is 0. The van der Waals surface area contributed by atoms with Crippen molar-refractivity contribution < 1.29 is 0 Å². The van der Waals surface area contributed by atoms with Crippen LogP contribution in [0, 0.1) is 0 Å². The molecule has 0 aliphatic heterocycles. The van der Waals surface area contributed by atoms with Crippen LogP contribution in [0.25, 0.3) is 88.4 Å². The molecule has 2 heterocycles. The number of nitrogens with zero attached hydrogens (tertiary/aromatic N) is 3. The maximum Gasteiger partial charge on any atom is 0.0541 e. The lowest BCUT2D eigenvalue weighted by Crippen LogP contribution is -2.10. The van der Waals surface area contributed by atoms with Gasteiger partial charge in [-0.05, 0) is 137 Å². The summed E-state index contributed by atoms with van der Waals surface area (Å²) in [5.74, 6) is 0. The number of para-hydroxylation sites is 4. The van der Waals surface area contributed by atoms with Gasteiger partial charge in [-0.1, -0.05) is 146 Å². The normalized spacial score (nSPS) is 11.5. The zero-order chi connectivity index (χ0) is 41.7. The summed E-state index contributed by atoms with van der Waals surface area (Å²) in [5, 5.41) is 5.03. The van der Waals surface area contributed by atoms with Crippen LogP contribution in [0.15, 0.2) is 249 Å². The van der Waals surface area contributed by atoms with Gasteiger partial charge >= 0.3 is 0 Å². The molecule has 0 amide bonds. The third-order valence-corrected chi connectivity index (χ3v) is 12.5. The second kappa shape index (κ2) is 15.3. The molecule has 0 saturated carbocycles. The van der Waals surface area contributed by atoms with Crippen molar-refractivity contribution in [2.24, 2.45) is 0 Å². The zero-order valence-electron chi connectivity index (χ0n) is 34.5. The van der Waals surface area contributed by atoms with E-state index in [0.29, 0.717) is 0 Å². The molecule has 0 atom stereocenters. The highest BCUT2D eigenvalue weighted by Crippen LogP contribution is 2.40. The molecule has 2 aromatic heterocycles. The van der Waals surface area contributed by atoms with E-state index in [1.807, 2.05) is 0 Å². The molecule has 0 saturated heterocycles. The summed E-state index contributed by atoms with van der Waals surface area (Å²) in [7, 11) is 0. The van der Waals surface area contributed by atoms with Crippen molar-refractivity contribution >= 4 is 60.7 Å². The van der Waals surface area contributed by atoms with E-state index >= 15 is 0 Å². The van der Waals surface area contributed by atoms with Gasteiger partial charge in [-0.2, -0.15) is 0 Å². The zero-order valence-corrected chi connectivity index (χ0v) is 34.5. The van der Waals surface area contributed by atoms with Crippen molar-refractivity contribution in [3.8, 4) is 44.8 Å². The van der Waals surface area contributed by atoms with E-state index in [4.69, 9.17) is 0 Å². The predicted molar refractivity (Wildman–Crippen MR) is 266 cm³/mol. The number of rotatable bonds is 8. The van der Waals surface area contributed by atoms with Crippen molar-refractivity contribution in [2.45, 2.75) is 0 Å². The van der Waals surface area contributed by atoms with E-state index in [1.54, 1.807) is 0 Å². The van der Waals surface area contributed by atoms with Crippen LogP contribution < -0.4 is 4.90 Å². The number of hydrogen-bond acceptors (Lipinski definition) is 1. The molecule has 0 fully saturated rings. The number of fused-ring (bicyclic) bond motifs is 6. The van der Waals surface area contributed by atoms with Gasteiger partial charge < -0.3 is 14.0 Å². The quantitative estimate of drug-likeness (QED) is 0.149. The summed E-state index contributed by atoms with van der Waals surface area (Å²) in [5.41, 5.74) is 17.4. The molecular weight excluding hydrogens is 763 g/mol. The molecule has 0 aliphatic rings. The first-order valence-corrected chi connectivity index (χ1v) is 21.6.